The van der Waals surface area contributed by atoms with Crippen LogP contribution in [0.3, 0.4) is 0 Å². The molecule has 6 heteroatoms. The molecule has 116 valence electrons. The summed E-state index contributed by atoms with van der Waals surface area (Å²) in [6, 6.07) is 3.21. The van der Waals surface area contributed by atoms with Crippen LogP contribution in [0.25, 0.3) is 0 Å². The van der Waals surface area contributed by atoms with Crippen LogP contribution in [-0.4, -0.2) is 53.8 Å². The summed E-state index contributed by atoms with van der Waals surface area (Å²) in [6.45, 7) is 8.14. The Morgan fingerprint density at radius 3 is 2.24 bits per heavy atom. The molecule has 2 heterocycles. The average molecular weight is 309 g/mol. The molecule has 2 N–H and O–H groups in total. The quantitative estimate of drug-likeness (QED) is 0.898. The van der Waals surface area contributed by atoms with E-state index in [2.05, 4.69) is 0 Å². The van der Waals surface area contributed by atoms with Gasteiger partial charge in [-0.15, -0.1) is 11.3 Å². The highest BCUT2D eigenvalue weighted by Crippen LogP contribution is 2.20. The van der Waals surface area contributed by atoms with Crippen molar-refractivity contribution in [1.82, 2.24) is 9.80 Å². The second-order valence-corrected chi connectivity index (χ2v) is 7.39. The van der Waals surface area contributed by atoms with Crippen LogP contribution in [0.4, 0.5) is 0 Å². The maximum Gasteiger partial charge on any atom is 0.264 e. The maximum absolute atomic E-state index is 12.3. The van der Waals surface area contributed by atoms with E-state index in [0.29, 0.717) is 26.2 Å². The van der Waals surface area contributed by atoms with Crippen LogP contribution < -0.4 is 5.73 Å². The third kappa shape index (κ3) is 3.63. The van der Waals surface area contributed by atoms with Crippen molar-refractivity contribution in [2.24, 2.45) is 11.1 Å². The monoisotopic (exact) mass is 309 g/mol. The SMILES string of the molecule is CC(C)(C)[C@@H](N)C(=O)N1CCN(C(=O)c2cccs2)CC1. The third-order valence-corrected chi connectivity index (χ3v) is 4.67. The third-order valence-electron chi connectivity index (χ3n) is 3.81. The molecule has 1 fully saturated rings. The molecule has 1 saturated heterocycles. The summed E-state index contributed by atoms with van der Waals surface area (Å²) < 4.78 is 0. The molecule has 1 aliphatic rings. The van der Waals surface area contributed by atoms with Crippen LogP contribution in [0.5, 0.6) is 0 Å². The van der Waals surface area contributed by atoms with E-state index in [9.17, 15) is 9.59 Å². The molecule has 1 aromatic heterocycles. The number of amides is 2. The van der Waals surface area contributed by atoms with Crippen molar-refractivity contribution < 1.29 is 9.59 Å². The molecule has 0 bridgehead atoms. The lowest BCUT2D eigenvalue weighted by Gasteiger charge is -2.38. The first-order valence-electron chi connectivity index (χ1n) is 7.18. The standard InChI is InChI=1S/C15H23N3O2S/c1-15(2,3)12(16)14(20)18-8-6-17(7-9-18)13(19)11-5-4-10-21-11/h4-5,10,12H,6-9,16H2,1-3H3/t12-/m0/s1. The minimum absolute atomic E-state index is 0.0225. The number of carbonyl (C=O) groups is 2. The van der Waals surface area contributed by atoms with E-state index in [-0.39, 0.29) is 17.2 Å². The fourth-order valence-electron chi connectivity index (χ4n) is 2.25. The Balaban J connectivity index is 1.92. The fourth-order valence-corrected chi connectivity index (χ4v) is 2.94. The largest absolute Gasteiger partial charge is 0.338 e. The number of nitrogens with zero attached hydrogens (tertiary/aromatic N) is 2. The number of nitrogens with two attached hydrogens (primary N) is 1. The molecule has 1 aliphatic heterocycles. The molecule has 21 heavy (non-hydrogen) atoms. The normalized spacial score (nSPS) is 17.7. The predicted octanol–water partition coefficient (Wildman–Crippen LogP) is 1.41. The molecule has 0 saturated carbocycles. The smallest absolute Gasteiger partial charge is 0.264 e. The van der Waals surface area contributed by atoms with E-state index in [4.69, 9.17) is 5.73 Å². The Kier molecular flexibility index (Phi) is 4.68. The minimum atomic E-state index is -0.503. The summed E-state index contributed by atoms with van der Waals surface area (Å²) >= 11 is 1.45. The number of hydrogen-bond donors (Lipinski definition) is 1. The van der Waals surface area contributed by atoms with Crippen molar-refractivity contribution in [2.75, 3.05) is 26.2 Å². The molecular weight excluding hydrogens is 286 g/mol. The fraction of sp³-hybridized carbons (Fsp3) is 0.600. The van der Waals surface area contributed by atoms with Gasteiger partial charge in [0.25, 0.3) is 5.91 Å². The summed E-state index contributed by atoms with van der Waals surface area (Å²) in [4.78, 5) is 28.9. The number of hydrogen-bond acceptors (Lipinski definition) is 4. The summed E-state index contributed by atoms with van der Waals surface area (Å²) in [7, 11) is 0. The van der Waals surface area contributed by atoms with Crippen molar-refractivity contribution >= 4 is 23.2 Å². The molecule has 1 atom stereocenters. The maximum atomic E-state index is 12.3. The van der Waals surface area contributed by atoms with E-state index in [0.717, 1.165) is 4.88 Å². The van der Waals surface area contributed by atoms with Crippen molar-refractivity contribution in [3.05, 3.63) is 22.4 Å². The highest BCUT2D eigenvalue weighted by Gasteiger charge is 2.33. The van der Waals surface area contributed by atoms with Gasteiger partial charge in [0.2, 0.25) is 5.91 Å². The van der Waals surface area contributed by atoms with Crippen molar-refractivity contribution in [3.8, 4) is 0 Å². The van der Waals surface area contributed by atoms with Gasteiger partial charge in [0.05, 0.1) is 10.9 Å². The molecule has 5 nitrogen and oxygen atoms in total. The van der Waals surface area contributed by atoms with E-state index >= 15 is 0 Å². The molecule has 1 aromatic rings. The molecule has 2 rings (SSSR count). The number of thiophene rings is 1. The first-order valence-corrected chi connectivity index (χ1v) is 8.06. The van der Waals surface area contributed by atoms with Gasteiger partial charge in [0, 0.05) is 26.2 Å². The Labute approximate surface area is 129 Å². The Bertz CT molecular complexity index is 499. The van der Waals surface area contributed by atoms with Gasteiger partial charge in [-0.2, -0.15) is 0 Å². The molecule has 0 aliphatic carbocycles. The van der Waals surface area contributed by atoms with Crippen molar-refractivity contribution in [1.29, 1.82) is 0 Å². The first-order chi connectivity index (χ1) is 9.80. The number of piperazine rings is 1. The first kappa shape index (κ1) is 16.0. The van der Waals surface area contributed by atoms with Gasteiger partial charge < -0.3 is 15.5 Å². The highest BCUT2D eigenvalue weighted by atomic mass is 32.1. The predicted molar refractivity (Wildman–Crippen MR) is 84.2 cm³/mol. The summed E-state index contributed by atoms with van der Waals surface area (Å²) in [5.41, 5.74) is 5.78. The summed E-state index contributed by atoms with van der Waals surface area (Å²) in [6.07, 6.45) is 0. The Morgan fingerprint density at radius 1 is 1.19 bits per heavy atom. The van der Waals surface area contributed by atoms with Crippen molar-refractivity contribution in [2.45, 2.75) is 26.8 Å². The van der Waals surface area contributed by atoms with Crippen LogP contribution in [0.15, 0.2) is 17.5 Å². The molecule has 2 amide bonds. The van der Waals surface area contributed by atoms with Gasteiger partial charge >= 0.3 is 0 Å². The van der Waals surface area contributed by atoms with Crippen molar-refractivity contribution in [3.63, 3.8) is 0 Å². The lowest BCUT2D eigenvalue weighted by atomic mass is 9.86. The van der Waals surface area contributed by atoms with Crippen LogP contribution >= 0.6 is 11.3 Å². The minimum Gasteiger partial charge on any atom is -0.338 e. The highest BCUT2D eigenvalue weighted by molar-refractivity contribution is 7.12. The molecule has 0 aromatic carbocycles. The second kappa shape index (κ2) is 6.15. The molecule has 0 unspecified atom stereocenters. The topological polar surface area (TPSA) is 66.6 Å². The van der Waals surface area contributed by atoms with Crippen LogP contribution in [0.1, 0.15) is 30.4 Å². The van der Waals surface area contributed by atoms with E-state index in [1.165, 1.54) is 11.3 Å². The zero-order valence-electron chi connectivity index (χ0n) is 12.8. The van der Waals surface area contributed by atoms with Gasteiger partial charge in [-0.05, 0) is 16.9 Å². The summed E-state index contributed by atoms with van der Waals surface area (Å²) in [5, 5.41) is 1.90. The molecule has 0 spiro atoms. The lowest BCUT2D eigenvalue weighted by molar-refractivity contribution is -0.136. The van der Waals surface area contributed by atoms with E-state index in [1.54, 1.807) is 9.80 Å². The average Bonchev–Trinajstić information content (AvgIpc) is 2.98. The van der Waals surface area contributed by atoms with E-state index < -0.39 is 6.04 Å². The number of rotatable bonds is 2. The zero-order valence-corrected chi connectivity index (χ0v) is 13.7. The molecular formula is C15H23N3O2S. The van der Waals surface area contributed by atoms with Gasteiger partial charge in [-0.3, -0.25) is 9.59 Å². The second-order valence-electron chi connectivity index (χ2n) is 6.44. The van der Waals surface area contributed by atoms with Gasteiger partial charge in [0.1, 0.15) is 0 Å². The lowest BCUT2D eigenvalue weighted by Crippen LogP contribution is -2.56. The van der Waals surface area contributed by atoms with Gasteiger partial charge in [0.15, 0.2) is 0 Å². The van der Waals surface area contributed by atoms with Crippen LogP contribution in [0.2, 0.25) is 0 Å². The Morgan fingerprint density at radius 2 is 1.76 bits per heavy atom. The van der Waals surface area contributed by atoms with Gasteiger partial charge in [-0.25, -0.2) is 0 Å². The number of carbonyl (C=O) groups excluding carboxylic acids is 2. The van der Waals surface area contributed by atoms with Crippen LogP contribution in [-0.2, 0) is 4.79 Å². The molecule has 0 radical (unpaired) electrons. The summed E-state index contributed by atoms with van der Waals surface area (Å²) in [5.74, 6) is 0.0305. The zero-order chi connectivity index (χ0) is 15.6. The van der Waals surface area contributed by atoms with E-state index in [1.807, 2.05) is 38.3 Å². The Hall–Kier alpha value is -1.40. The van der Waals surface area contributed by atoms with Crippen LogP contribution in [0, 0.1) is 5.41 Å². The van der Waals surface area contributed by atoms with Gasteiger partial charge in [-0.1, -0.05) is 26.8 Å².